The molecule has 2 heterocycles. The van der Waals surface area contributed by atoms with Gasteiger partial charge in [-0.2, -0.15) is 16.9 Å². The van der Waals surface area contributed by atoms with E-state index in [2.05, 4.69) is 15.5 Å². The Morgan fingerprint density at radius 1 is 1.73 bits per heavy atom. The summed E-state index contributed by atoms with van der Waals surface area (Å²) < 4.78 is 1.56. The first-order valence-corrected chi connectivity index (χ1v) is 6.34. The smallest absolute Gasteiger partial charge is 0.313 e. The van der Waals surface area contributed by atoms with E-state index in [0.29, 0.717) is 6.04 Å². The molecular weight excluding hydrogens is 212 g/mol. The highest BCUT2D eigenvalue weighted by atomic mass is 32.2. The zero-order valence-corrected chi connectivity index (χ0v) is 9.64. The summed E-state index contributed by atoms with van der Waals surface area (Å²) in [6.45, 7) is 0.892. The van der Waals surface area contributed by atoms with Crippen molar-refractivity contribution in [3.63, 3.8) is 0 Å². The van der Waals surface area contributed by atoms with Crippen LogP contribution in [0.3, 0.4) is 0 Å². The Balaban J connectivity index is 1.78. The summed E-state index contributed by atoms with van der Waals surface area (Å²) in [7, 11) is 1.74. The average Bonchev–Trinajstić information content (AvgIpc) is 2.83. The minimum atomic E-state index is -0.138. The summed E-state index contributed by atoms with van der Waals surface area (Å²) in [5.74, 6) is 3.29. The Morgan fingerprint density at radius 2 is 2.60 bits per heavy atom. The van der Waals surface area contributed by atoms with Gasteiger partial charge in [0.15, 0.2) is 0 Å². The van der Waals surface area contributed by atoms with E-state index < -0.39 is 0 Å². The number of aromatic amines is 1. The predicted octanol–water partition coefficient (Wildman–Crippen LogP) is -0.254. The molecule has 2 rings (SSSR count). The van der Waals surface area contributed by atoms with Crippen molar-refractivity contribution in [2.24, 2.45) is 7.05 Å². The number of nitrogens with one attached hydrogen (secondary N) is 2. The van der Waals surface area contributed by atoms with E-state index in [1.165, 1.54) is 17.9 Å². The molecule has 1 aliphatic rings. The fraction of sp³-hybridized carbons (Fsp3) is 0.778. The van der Waals surface area contributed by atoms with Gasteiger partial charge in [0, 0.05) is 31.8 Å². The maximum Gasteiger partial charge on any atom is 0.343 e. The van der Waals surface area contributed by atoms with Gasteiger partial charge in [-0.3, -0.25) is 4.57 Å². The first-order valence-electron chi connectivity index (χ1n) is 5.19. The molecular formula is C9H16N4OS. The second kappa shape index (κ2) is 4.85. The SMILES string of the molecule is Cn1c(CCNC2CCSC2)n[nH]c1=O. The topological polar surface area (TPSA) is 62.7 Å². The highest BCUT2D eigenvalue weighted by Gasteiger charge is 2.14. The minimum absolute atomic E-state index is 0.138. The van der Waals surface area contributed by atoms with Crippen LogP contribution in [0.25, 0.3) is 0 Å². The second-order valence-electron chi connectivity index (χ2n) is 3.77. The van der Waals surface area contributed by atoms with Gasteiger partial charge in [-0.1, -0.05) is 0 Å². The number of aromatic nitrogens is 3. The van der Waals surface area contributed by atoms with Gasteiger partial charge in [0.25, 0.3) is 0 Å². The number of rotatable bonds is 4. The highest BCUT2D eigenvalue weighted by molar-refractivity contribution is 7.99. The molecule has 15 heavy (non-hydrogen) atoms. The third-order valence-corrected chi connectivity index (χ3v) is 3.85. The van der Waals surface area contributed by atoms with Gasteiger partial charge in [-0.05, 0) is 12.2 Å². The zero-order chi connectivity index (χ0) is 10.7. The summed E-state index contributed by atoms with van der Waals surface area (Å²) in [4.78, 5) is 11.1. The maximum atomic E-state index is 11.1. The van der Waals surface area contributed by atoms with E-state index in [9.17, 15) is 4.79 Å². The number of hydrogen-bond donors (Lipinski definition) is 2. The van der Waals surface area contributed by atoms with E-state index in [0.717, 1.165) is 18.8 Å². The van der Waals surface area contributed by atoms with Crippen LogP contribution in [0.4, 0.5) is 0 Å². The van der Waals surface area contributed by atoms with E-state index in [1.807, 2.05) is 11.8 Å². The normalized spacial score (nSPS) is 21.0. The average molecular weight is 228 g/mol. The second-order valence-corrected chi connectivity index (χ2v) is 4.92. The molecule has 0 saturated carbocycles. The molecule has 1 aromatic heterocycles. The Bertz CT molecular complexity index is 366. The van der Waals surface area contributed by atoms with Crippen LogP contribution in [0.15, 0.2) is 4.79 Å². The van der Waals surface area contributed by atoms with Gasteiger partial charge >= 0.3 is 5.69 Å². The molecule has 1 atom stereocenters. The monoisotopic (exact) mass is 228 g/mol. The van der Waals surface area contributed by atoms with Crippen LogP contribution < -0.4 is 11.0 Å². The standard InChI is InChI=1S/C9H16N4OS/c1-13-8(11-12-9(13)14)2-4-10-7-3-5-15-6-7/h7,10H,2-6H2,1H3,(H,12,14). The predicted molar refractivity (Wildman–Crippen MR) is 61.3 cm³/mol. The molecule has 1 aromatic rings. The Kier molecular flexibility index (Phi) is 3.48. The van der Waals surface area contributed by atoms with Gasteiger partial charge in [-0.25, -0.2) is 9.89 Å². The molecule has 0 spiro atoms. The molecule has 6 heteroatoms. The summed E-state index contributed by atoms with van der Waals surface area (Å²) in [5, 5.41) is 9.88. The first kappa shape index (κ1) is 10.8. The minimum Gasteiger partial charge on any atom is -0.313 e. The molecule has 0 amide bonds. The summed E-state index contributed by atoms with van der Waals surface area (Å²) >= 11 is 2.00. The molecule has 1 aliphatic heterocycles. The highest BCUT2D eigenvalue weighted by Crippen LogP contribution is 2.16. The summed E-state index contributed by atoms with van der Waals surface area (Å²) in [5.41, 5.74) is -0.138. The Hall–Kier alpha value is -0.750. The molecule has 1 saturated heterocycles. The molecule has 5 nitrogen and oxygen atoms in total. The third-order valence-electron chi connectivity index (χ3n) is 2.68. The number of H-pyrrole nitrogens is 1. The molecule has 1 fully saturated rings. The molecule has 2 N–H and O–H groups in total. The van der Waals surface area contributed by atoms with Crippen molar-refractivity contribution >= 4 is 11.8 Å². The largest absolute Gasteiger partial charge is 0.343 e. The van der Waals surface area contributed by atoms with Gasteiger partial charge in [0.1, 0.15) is 5.82 Å². The van der Waals surface area contributed by atoms with E-state index in [1.54, 1.807) is 11.6 Å². The lowest BCUT2D eigenvalue weighted by atomic mass is 10.2. The molecule has 0 bridgehead atoms. The van der Waals surface area contributed by atoms with E-state index in [4.69, 9.17) is 0 Å². The fourth-order valence-corrected chi connectivity index (χ4v) is 2.87. The molecule has 0 aliphatic carbocycles. The van der Waals surface area contributed by atoms with Crippen molar-refractivity contribution in [2.75, 3.05) is 18.1 Å². The van der Waals surface area contributed by atoms with Crippen molar-refractivity contribution in [1.82, 2.24) is 20.1 Å². The van der Waals surface area contributed by atoms with Crippen LogP contribution in [0.5, 0.6) is 0 Å². The van der Waals surface area contributed by atoms with Gasteiger partial charge < -0.3 is 5.32 Å². The number of nitrogens with zero attached hydrogens (tertiary/aromatic N) is 2. The van der Waals surface area contributed by atoms with E-state index >= 15 is 0 Å². The van der Waals surface area contributed by atoms with Crippen molar-refractivity contribution in [3.8, 4) is 0 Å². The van der Waals surface area contributed by atoms with Gasteiger partial charge in [0.05, 0.1) is 0 Å². The van der Waals surface area contributed by atoms with Gasteiger partial charge in [-0.15, -0.1) is 0 Å². The fourth-order valence-electron chi connectivity index (χ4n) is 1.69. The first-order chi connectivity index (χ1) is 7.27. The van der Waals surface area contributed by atoms with E-state index in [-0.39, 0.29) is 5.69 Å². The lowest BCUT2D eigenvalue weighted by molar-refractivity contribution is 0.550. The molecule has 1 unspecified atom stereocenters. The van der Waals surface area contributed by atoms with Crippen LogP contribution in [0.1, 0.15) is 12.2 Å². The third kappa shape index (κ3) is 2.63. The van der Waals surface area contributed by atoms with Crippen LogP contribution in [-0.2, 0) is 13.5 Å². The molecule has 0 radical (unpaired) electrons. The maximum absolute atomic E-state index is 11.1. The summed E-state index contributed by atoms with van der Waals surface area (Å²) in [6, 6.07) is 0.644. The van der Waals surface area contributed by atoms with Crippen molar-refractivity contribution in [2.45, 2.75) is 18.9 Å². The Labute approximate surface area is 92.6 Å². The quantitative estimate of drug-likeness (QED) is 0.746. The number of hydrogen-bond acceptors (Lipinski definition) is 4. The zero-order valence-electron chi connectivity index (χ0n) is 8.82. The van der Waals surface area contributed by atoms with Crippen LogP contribution in [-0.4, -0.2) is 38.9 Å². The lowest BCUT2D eigenvalue weighted by Crippen LogP contribution is -2.31. The van der Waals surface area contributed by atoms with Gasteiger partial charge in [0.2, 0.25) is 0 Å². The van der Waals surface area contributed by atoms with Crippen LogP contribution in [0.2, 0.25) is 0 Å². The van der Waals surface area contributed by atoms with Crippen LogP contribution in [0, 0.1) is 0 Å². The molecule has 0 aromatic carbocycles. The molecule has 84 valence electrons. The number of thioether (sulfide) groups is 1. The van der Waals surface area contributed by atoms with Crippen molar-refractivity contribution < 1.29 is 0 Å². The Morgan fingerprint density at radius 3 is 3.20 bits per heavy atom. The van der Waals surface area contributed by atoms with Crippen molar-refractivity contribution in [1.29, 1.82) is 0 Å². The summed E-state index contributed by atoms with van der Waals surface area (Å²) in [6.07, 6.45) is 2.06. The van der Waals surface area contributed by atoms with Crippen molar-refractivity contribution in [3.05, 3.63) is 16.3 Å². The van der Waals surface area contributed by atoms with Crippen LogP contribution >= 0.6 is 11.8 Å². The lowest BCUT2D eigenvalue weighted by Gasteiger charge is -2.09.